The molecule has 0 spiro atoms. The van der Waals surface area contributed by atoms with Crippen LogP contribution in [-0.2, 0) is 20.7 Å². The largest absolute Gasteiger partial charge is 0.436 e. The Hall–Kier alpha value is -2.41. The van der Waals surface area contributed by atoms with Gasteiger partial charge in [-0.25, -0.2) is 15.1 Å². The highest BCUT2D eigenvalue weighted by molar-refractivity contribution is 6.03. The van der Waals surface area contributed by atoms with Crippen molar-refractivity contribution in [3.05, 3.63) is 35.9 Å². The van der Waals surface area contributed by atoms with Crippen molar-refractivity contribution in [3.8, 4) is 0 Å². The number of hydrazine groups is 1. The van der Waals surface area contributed by atoms with E-state index in [0.717, 1.165) is 16.9 Å². The molecule has 1 aromatic rings. The molecule has 2 saturated heterocycles. The molecule has 7 heteroatoms. The average Bonchev–Trinajstić information content (AvgIpc) is 3.16. The van der Waals surface area contributed by atoms with Crippen molar-refractivity contribution < 1.29 is 19.1 Å². The van der Waals surface area contributed by atoms with Gasteiger partial charge in [0, 0.05) is 19.5 Å². The lowest BCUT2D eigenvalue weighted by molar-refractivity contribution is -0.143. The number of hydrogen-bond donors (Lipinski definition) is 1. The maximum absolute atomic E-state index is 12.8. The zero-order valence-corrected chi connectivity index (χ0v) is 12.9. The Morgan fingerprint density at radius 2 is 2.09 bits per heavy atom. The average molecular weight is 317 g/mol. The molecule has 0 unspecified atom stereocenters. The molecule has 2 heterocycles. The number of imide groups is 1. The first-order valence-electron chi connectivity index (χ1n) is 7.70. The predicted molar refractivity (Wildman–Crippen MR) is 81.1 cm³/mol. The van der Waals surface area contributed by atoms with Gasteiger partial charge in [-0.05, 0) is 18.9 Å². The molecule has 0 aromatic heterocycles. The molecule has 0 radical (unpaired) electrons. The molecule has 3 rings (SSSR count). The third kappa shape index (κ3) is 3.05. The van der Waals surface area contributed by atoms with Gasteiger partial charge < -0.3 is 4.74 Å². The molecule has 0 bridgehead atoms. The van der Waals surface area contributed by atoms with Crippen molar-refractivity contribution in [1.82, 2.24) is 15.3 Å². The predicted octanol–water partition coefficient (Wildman–Crippen LogP) is 0.702. The first-order valence-corrected chi connectivity index (χ1v) is 7.70. The maximum atomic E-state index is 12.8. The van der Waals surface area contributed by atoms with Crippen molar-refractivity contribution in [3.63, 3.8) is 0 Å². The third-order valence-corrected chi connectivity index (χ3v) is 4.06. The van der Waals surface area contributed by atoms with Gasteiger partial charge in [0.05, 0.1) is 0 Å². The highest BCUT2D eigenvalue weighted by atomic mass is 16.6. The lowest BCUT2D eigenvalue weighted by atomic mass is 10.0. The zero-order chi connectivity index (χ0) is 16.4. The Morgan fingerprint density at radius 3 is 2.65 bits per heavy atom. The molecule has 2 fully saturated rings. The van der Waals surface area contributed by atoms with Crippen LogP contribution in [0.2, 0.25) is 0 Å². The number of hydrogen-bond acceptors (Lipinski definition) is 5. The summed E-state index contributed by atoms with van der Waals surface area (Å²) < 4.78 is 4.96. The standard InChI is InChI=1S/C16H19N3O4/c1-11-14(20)19(16(22)23-11)13(10-12-6-3-2-4-7-12)15(21)18-9-5-8-17-18/h2-4,6-7,11,13,17H,5,8-10H2,1H3/t11-,13-/m1/s1. The number of nitrogens with zero attached hydrogens (tertiary/aromatic N) is 2. The summed E-state index contributed by atoms with van der Waals surface area (Å²) in [6.45, 7) is 2.79. The molecule has 0 saturated carbocycles. The van der Waals surface area contributed by atoms with Gasteiger partial charge in [0.1, 0.15) is 6.04 Å². The zero-order valence-electron chi connectivity index (χ0n) is 12.9. The lowest BCUT2D eigenvalue weighted by Gasteiger charge is -2.27. The van der Waals surface area contributed by atoms with E-state index in [0.29, 0.717) is 13.1 Å². The Bertz CT molecular complexity index is 613. The van der Waals surface area contributed by atoms with Crippen molar-refractivity contribution in [2.75, 3.05) is 13.1 Å². The van der Waals surface area contributed by atoms with Crippen LogP contribution in [0.15, 0.2) is 30.3 Å². The van der Waals surface area contributed by atoms with Gasteiger partial charge >= 0.3 is 6.09 Å². The maximum Gasteiger partial charge on any atom is 0.418 e. The van der Waals surface area contributed by atoms with Crippen molar-refractivity contribution >= 4 is 17.9 Å². The molecule has 2 aliphatic heterocycles. The van der Waals surface area contributed by atoms with Gasteiger partial charge in [0.15, 0.2) is 6.10 Å². The Labute approximate surface area is 134 Å². The summed E-state index contributed by atoms with van der Waals surface area (Å²) in [7, 11) is 0. The van der Waals surface area contributed by atoms with E-state index < -0.39 is 24.1 Å². The second-order valence-corrected chi connectivity index (χ2v) is 5.69. The molecule has 7 nitrogen and oxygen atoms in total. The number of nitrogens with one attached hydrogen (secondary N) is 1. The molecule has 1 aromatic carbocycles. The van der Waals surface area contributed by atoms with E-state index in [4.69, 9.17) is 4.74 Å². The normalized spacial score (nSPS) is 22.4. The molecular weight excluding hydrogens is 298 g/mol. The number of cyclic esters (lactones) is 1. The second-order valence-electron chi connectivity index (χ2n) is 5.69. The van der Waals surface area contributed by atoms with Crippen molar-refractivity contribution in [2.45, 2.75) is 31.9 Å². The van der Waals surface area contributed by atoms with Crippen LogP contribution in [0.4, 0.5) is 4.79 Å². The molecule has 3 amide bonds. The Kier molecular flexibility index (Phi) is 4.29. The van der Waals surface area contributed by atoms with E-state index in [2.05, 4.69) is 5.43 Å². The van der Waals surface area contributed by atoms with Crippen molar-refractivity contribution in [2.24, 2.45) is 0 Å². The van der Waals surface area contributed by atoms with E-state index in [-0.39, 0.29) is 12.3 Å². The second kappa shape index (κ2) is 6.37. The fourth-order valence-electron chi connectivity index (χ4n) is 2.85. The minimum atomic E-state index is -0.895. The van der Waals surface area contributed by atoms with Crippen LogP contribution in [-0.4, -0.2) is 53.1 Å². The topological polar surface area (TPSA) is 79.0 Å². The summed E-state index contributed by atoms with van der Waals surface area (Å²) in [4.78, 5) is 38.0. The van der Waals surface area contributed by atoms with Crippen LogP contribution < -0.4 is 5.43 Å². The molecule has 0 aliphatic carbocycles. The summed E-state index contributed by atoms with van der Waals surface area (Å²) in [5.74, 6) is -0.755. The fourth-order valence-corrected chi connectivity index (χ4v) is 2.85. The summed E-state index contributed by atoms with van der Waals surface area (Å²) in [5.41, 5.74) is 3.86. The number of carbonyl (C=O) groups excluding carboxylic acids is 3. The van der Waals surface area contributed by atoms with Gasteiger partial charge in [-0.3, -0.25) is 14.6 Å². The first-order chi connectivity index (χ1) is 11.1. The summed E-state index contributed by atoms with van der Waals surface area (Å²) >= 11 is 0. The van der Waals surface area contributed by atoms with E-state index in [1.165, 1.54) is 11.9 Å². The van der Waals surface area contributed by atoms with E-state index in [1.807, 2.05) is 30.3 Å². The Morgan fingerprint density at radius 1 is 1.35 bits per heavy atom. The van der Waals surface area contributed by atoms with Gasteiger partial charge in [-0.15, -0.1) is 0 Å². The van der Waals surface area contributed by atoms with Crippen LogP contribution in [0.25, 0.3) is 0 Å². The number of amides is 3. The molecule has 23 heavy (non-hydrogen) atoms. The Balaban J connectivity index is 1.88. The number of benzene rings is 1. The molecule has 1 N–H and O–H groups in total. The van der Waals surface area contributed by atoms with Gasteiger partial charge in [0.2, 0.25) is 0 Å². The molecular formula is C16H19N3O4. The monoisotopic (exact) mass is 317 g/mol. The highest BCUT2D eigenvalue weighted by Gasteiger charge is 2.46. The van der Waals surface area contributed by atoms with Crippen molar-refractivity contribution in [1.29, 1.82) is 0 Å². The van der Waals surface area contributed by atoms with Gasteiger partial charge in [0.25, 0.3) is 11.8 Å². The molecule has 122 valence electrons. The first kappa shape index (κ1) is 15.5. The number of rotatable bonds is 4. The van der Waals surface area contributed by atoms with Crippen LogP contribution in [0.5, 0.6) is 0 Å². The van der Waals surface area contributed by atoms with Crippen LogP contribution in [0.1, 0.15) is 18.9 Å². The number of carbonyl (C=O) groups is 3. The van der Waals surface area contributed by atoms with Gasteiger partial charge in [-0.2, -0.15) is 0 Å². The minimum absolute atomic E-state index is 0.269. The van der Waals surface area contributed by atoms with E-state index >= 15 is 0 Å². The van der Waals surface area contributed by atoms with E-state index in [1.54, 1.807) is 0 Å². The highest BCUT2D eigenvalue weighted by Crippen LogP contribution is 2.21. The van der Waals surface area contributed by atoms with E-state index in [9.17, 15) is 14.4 Å². The van der Waals surface area contributed by atoms with Crippen LogP contribution >= 0.6 is 0 Å². The lowest BCUT2D eigenvalue weighted by Crippen LogP contribution is -2.53. The molecule has 2 atom stereocenters. The third-order valence-electron chi connectivity index (χ3n) is 4.06. The SMILES string of the molecule is C[C@H]1OC(=O)N([C@H](Cc2ccccc2)C(=O)N2CCCN2)C1=O. The quantitative estimate of drug-likeness (QED) is 0.884. The van der Waals surface area contributed by atoms with Crippen LogP contribution in [0.3, 0.4) is 0 Å². The summed E-state index contributed by atoms with van der Waals surface area (Å²) in [5, 5.41) is 1.48. The molecule has 2 aliphatic rings. The minimum Gasteiger partial charge on any atom is -0.436 e. The fraction of sp³-hybridized carbons (Fsp3) is 0.438. The van der Waals surface area contributed by atoms with Crippen LogP contribution in [0, 0.1) is 0 Å². The number of ether oxygens (including phenoxy) is 1. The summed E-state index contributed by atoms with van der Waals surface area (Å²) in [6.07, 6.45) is -0.486. The van der Waals surface area contributed by atoms with Gasteiger partial charge in [-0.1, -0.05) is 30.3 Å². The summed E-state index contributed by atoms with van der Waals surface area (Å²) in [6, 6.07) is 8.43. The smallest absolute Gasteiger partial charge is 0.418 e.